The summed E-state index contributed by atoms with van der Waals surface area (Å²) >= 11 is 0. The molecule has 0 spiro atoms. The van der Waals surface area contributed by atoms with Crippen molar-refractivity contribution in [3.8, 4) is 11.5 Å². The summed E-state index contributed by atoms with van der Waals surface area (Å²) in [5, 5.41) is 7.36. The minimum Gasteiger partial charge on any atom is -0.497 e. The third-order valence-corrected chi connectivity index (χ3v) is 4.08. The number of aromatic nitrogens is 2. The maximum absolute atomic E-state index is 5.38. The summed E-state index contributed by atoms with van der Waals surface area (Å²) in [6.07, 6.45) is 0. The molecule has 0 bridgehead atoms. The van der Waals surface area contributed by atoms with Gasteiger partial charge in [-0.25, -0.2) is 0 Å². The molecule has 6 nitrogen and oxygen atoms in total. The van der Waals surface area contributed by atoms with Gasteiger partial charge in [-0.3, -0.25) is 0 Å². The standard InChI is InChI=1S/C20H23N3O3/c1-13(2)19-22-20(26-23-19)21-18(14-7-5-9-16(11-14)24-3)15-8-6-10-17(12-15)25-4/h5-13,18H,1-4H3,(H,21,22,23). The van der Waals surface area contributed by atoms with Gasteiger partial charge in [0.15, 0.2) is 5.82 Å². The quantitative estimate of drug-likeness (QED) is 0.678. The molecule has 26 heavy (non-hydrogen) atoms. The lowest BCUT2D eigenvalue weighted by Crippen LogP contribution is -2.13. The number of anilines is 1. The van der Waals surface area contributed by atoms with Crippen LogP contribution in [0.25, 0.3) is 0 Å². The molecule has 0 saturated carbocycles. The highest BCUT2D eigenvalue weighted by Gasteiger charge is 2.19. The van der Waals surface area contributed by atoms with Crippen LogP contribution in [0.1, 0.15) is 42.8 Å². The Kier molecular flexibility index (Phi) is 5.41. The largest absolute Gasteiger partial charge is 0.497 e. The molecule has 136 valence electrons. The molecule has 0 aliphatic rings. The van der Waals surface area contributed by atoms with E-state index < -0.39 is 0 Å². The predicted octanol–water partition coefficient (Wildman–Crippen LogP) is 4.41. The molecule has 3 rings (SSSR count). The Hall–Kier alpha value is -3.02. The van der Waals surface area contributed by atoms with Gasteiger partial charge in [-0.15, -0.1) is 0 Å². The smallest absolute Gasteiger partial charge is 0.322 e. The predicted molar refractivity (Wildman–Crippen MR) is 99.8 cm³/mol. The first-order chi connectivity index (χ1) is 12.6. The molecule has 0 amide bonds. The maximum Gasteiger partial charge on any atom is 0.322 e. The van der Waals surface area contributed by atoms with Gasteiger partial charge >= 0.3 is 6.01 Å². The van der Waals surface area contributed by atoms with Gasteiger partial charge in [0, 0.05) is 5.92 Å². The van der Waals surface area contributed by atoms with Crippen LogP contribution in [0.15, 0.2) is 53.1 Å². The van der Waals surface area contributed by atoms with E-state index in [1.807, 2.05) is 62.4 Å². The number of benzene rings is 2. The summed E-state index contributed by atoms with van der Waals surface area (Å²) in [6, 6.07) is 15.9. The second kappa shape index (κ2) is 7.91. The van der Waals surface area contributed by atoms with Gasteiger partial charge in [0.05, 0.1) is 20.3 Å². The second-order valence-corrected chi connectivity index (χ2v) is 6.24. The van der Waals surface area contributed by atoms with Crippen LogP contribution in [-0.2, 0) is 0 Å². The number of ether oxygens (including phenoxy) is 2. The minimum absolute atomic E-state index is 0.194. The third kappa shape index (κ3) is 3.96. The van der Waals surface area contributed by atoms with Crippen molar-refractivity contribution < 1.29 is 14.0 Å². The van der Waals surface area contributed by atoms with Crippen molar-refractivity contribution in [1.82, 2.24) is 10.1 Å². The van der Waals surface area contributed by atoms with Crippen LogP contribution in [0, 0.1) is 0 Å². The Morgan fingerprint density at radius 3 is 1.96 bits per heavy atom. The zero-order valence-corrected chi connectivity index (χ0v) is 15.4. The SMILES string of the molecule is COc1cccc(C(Nc2nc(C(C)C)no2)c2cccc(OC)c2)c1. The van der Waals surface area contributed by atoms with E-state index in [1.54, 1.807) is 14.2 Å². The summed E-state index contributed by atoms with van der Waals surface area (Å²) in [5.41, 5.74) is 2.03. The zero-order valence-electron chi connectivity index (χ0n) is 15.4. The molecule has 0 aliphatic heterocycles. The van der Waals surface area contributed by atoms with E-state index >= 15 is 0 Å². The normalized spacial score (nSPS) is 11.0. The van der Waals surface area contributed by atoms with Gasteiger partial charge < -0.3 is 19.3 Å². The van der Waals surface area contributed by atoms with E-state index in [-0.39, 0.29) is 12.0 Å². The molecule has 0 unspecified atom stereocenters. The van der Waals surface area contributed by atoms with Crippen LogP contribution >= 0.6 is 0 Å². The number of rotatable bonds is 7. The average Bonchev–Trinajstić information content (AvgIpc) is 3.15. The molecule has 0 aliphatic carbocycles. The van der Waals surface area contributed by atoms with Gasteiger partial charge in [0.2, 0.25) is 0 Å². The molecule has 1 aromatic heterocycles. The lowest BCUT2D eigenvalue weighted by molar-refractivity contribution is 0.411. The number of methoxy groups -OCH3 is 2. The van der Waals surface area contributed by atoms with E-state index in [0.29, 0.717) is 11.8 Å². The highest BCUT2D eigenvalue weighted by molar-refractivity contribution is 5.44. The molecular weight excluding hydrogens is 330 g/mol. The van der Waals surface area contributed by atoms with Crippen LogP contribution in [0.2, 0.25) is 0 Å². The first-order valence-electron chi connectivity index (χ1n) is 8.48. The van der Waals surface area contributed by atoms with Crippen LogP contribution in [-0.4, -0.2) is 24.4 Å². The van der Waals surface area contributed by atoms with Gasteiger partial charge in [0.25, 0.3) is 0 Å². The lowest BCUT2D eigenvalue weighted by atomic mass is 9.98. The highest BCUT2D eigenvalue weighted by atomic mass is 16.5. The highest BCUT2D eigenvalue weighted by Crippen LogP contribution is 2.30. The number of hydrogen-bond acceptors (Lipinski definition) is 6. The molecule has 1 heterocycles. The maximum atomic E-state index is 5.38. The third-order valence-electron chi connectivity index (χ3n) is 4.08. The zero-order chi connectivity index (χ0) is 18.5. The summed E-state index contributed by atoms with van der Waals surface area (Å²) in [7, 11) is 3.31. The number of hydrogen-bond donors (Lipinski definition) is 1. The molecule has 0 saturated heterocycles. The molecule has 0 atom stereocenters. The second-order valence-electron chi connectivity index (χ2n) is 6.24. The van der Waals surface area contributed by atoms with Gasteiger partial charge in [-0.2, -0.15) is 4.98 Å². The molecular formula is C20H23N3O3. The first kappa shape index (κ1) is 17.8. The van der Waals surface area contributed by atoms with E-state index in [9.17, 15) is 0 Å². The van der Waals surface area contributed by atoms with E-state index in [0.717, 1.165) is 22.6 Å². The Balaban J connectivity index is 1.99. The van der Waals surface area contributed by atoms with Gasteiger partial charge in [0.1, 0.15) is 11.5 Å². The van der Waals surface area contributed by atoms with Crippen molar-refractivity contribution in [3.63, 3.8) is 0 Å². The summed E-state index contributed by atoms with van der Waals surface area (Å²) < 4.78 is 16.1. The van der Waals surface area contributed by atoms with E-state index in [4.69, 9.17) is 14.0 Å². The molecule has 0 radical (unpaired) electrons. The molecule has 6 heteroatoms. The van der Waals surface area contributed by atoms with Crippen LogP contribution in [0.4, 0.5) is 6.01 Å². The summed E-state index contributed by atoms with van der Waals surface area (Å²) in [6.45, 7) is 4.05. The van der Waals surface area contributed by atoms with Crippen LogP contribution < -0.4 is 14.8 Å². The Bertz CT molecular complexity index is 813. The van der Waals surface area contributed by atoms with Crippen molar-refractivity contribution in [2.24, 2.45) is 0 Å². The molecule has 0 fully saturated rings. The average molecular weight is 353 g/mol. The first-order valence-corrected chi connectivity index (χ1v) is 8.48. The fourth-order valence-electron chi connectivity index (χ4n) is 2.65. The van der Waals surface area contributed by atoms with Crippen molar-refractivity contribution >= 4 is 6.01 Å². The number of nitrogens with zero attached hydrogens (tertiary/aromatic N) is 2. The van der Waals surface area contributed by atoms with E-state index in [2.05, 4.69) is 15.5 Å². The van der Waals surface area contributed by atoms with E-state index in [1.165, 1.54) is 0 Å². The Morgan fingerprint density at radius 2 is 1.50 bits per heavy atom. The van der Waals surface area contributed by atoms with Gasteiger partial charge in [-0.05, 0) is 35.4 Å². The monoisotopic (exact) mass is 353 g/mol. The Labute approximate surface area is 153 Å². The van der Waals surface area contributed by atoms with Crippen molar-refractivity contribution in [2.45, 2.75) is 25.8 Å². The Morgan fingerprint density at radius 1 is 0.923 bits per heavy atom. The summed E-state index contributed by atoms with van der Waals surface area (Å²) in [4.78, 5) is 4.43. The van der Waals surface area contributed by atoms with Crippen LogP contribution in [0.5, 0.6) is 11.5 Å². The number of nitrogens with one attached hydrogen (secondary N) is 1. The fourth-order valence-corrected chi connectivity index (χ4v) is 2.65. The fraction of sp³-hybridized carbons (Fsp3) is 0.300. The molecule has 2 aromatic carbocycles. The lowest BCUT2D eigenvalue weighted by Gasteiger charge is -2.19. The van der Waals surface area contributed by atoms with Crippen molar-refractivity contribution in [3.05, 3.63) is 65.5 Å². The minimum atomic E-state index is -0.194. The van der Waals surface area contributed by atoms with Gasteiger partial charge in [-0.1, -0.05) is 43.3 Å². The molecule has 1 N–H and O–H groups in total. The van der Waals surface area contributed by atoms with Crippen molar-refractivity contribution in [2.75, 3.05) is 19.5 Å². The molecule has 3 aromatic rings. The van der Waals surface area contributed by atoms with Crippen LogP contribution in [0.3, 0.4) is 0 Å². The topological polar surface area (TPSA) is 69.4 Å². The van der Waals surface area contributed by atoms with Crippen molar-refractivity contribution in [1.29, 1.82) is 0 Å². The summed E-state index contributed by atoms with van der Waals surface area (Å²) in [5.74, 6) is 2.43.